The Morgan fingerprint density at radius 1 is 1.31 bits per heavy atom. The Kier molecular flexibility index (Phi) is 4.46. The van der Waals surface area contributed by atoms with Crippen molar-refractivity contribution in [1.82, 2.24) is 0 Å². The molecule has 0 heterocycles. The molecule has 0 bridgehead atoms. The molecule has 1 unspecified atom stereocenters. The van der Waals surface area contributed by atoms with Gasteiger partial charge < -0.3 is 5.11 Å². The van der Waals surface area contributed by atoms with E-state index in [1.165, 1.54) is 12.1 Å². The number of aliphatic hydroxyl groups is 1. The monoisotopic (exact) mass is 244 g/mol. The van der Waals surface area contributed by atoms with Gasteiger partial charge in [-0.25, -0.2) is 4.18 Å². The van der Waals surface area contributed by atoms with Crippen molar-refractivity contribution >= 4 is 10.1 Å². The third-order valence-electron chi connectivity index (χ3n) is 2.08. The highest BCUT2D eigenvalue weighted by molar-refractivity contribution is 7.86. The Bertz CT molecular complexity index is 422. The van der Waals surface area contributed by atoms with Gasteiger partial charge in [0.1, 0.15) is 0 Å². The first-order valence-corrected chi connectivity index (χ1v) is 6.54. The molecule has 0 radical (unpaired) electrons. The molecule has 0 spiro atoms. The van der Waals surface area contributed by atoms with Gasteiger partial charge in [0.05, 0.1) is 4.90 Å². The van der Waals surface area contributed by atoms with Crippen molar-refractivity contribution < 1.29 is 17.7 Å². The molecule has 1 aromatic rings. The van der Waals surface area contributed by atoms with Crippen LogP contribution in [0.25, 0.3) is 0 Å². The molecule has 0 aliphatic carbocycles. The minimum absolute atomic E-state index is 0.0632. The number of aryl methyl sites for hydroxylation is 1. The minimum atomic E-state index is -3.85. The van der Waals surface area contributed by atoms with Crippen molar-refractivity contribution in [2.75, 3.05) is 0 Å². The Hall–Kier alpha value is -0.910. The van der Waals surface area contributed by atoms with Crippen LogP contribution in [0.1, 0.15) is 25.3 Å². The summed E-state index contributed by atoms with van der Waals surface area (Å²) >= 11 is 0. The van der Waals surface area contributed by atoms with Crippen LogP contribution in [-0.4, -0.2) is 19.8 Å². The van der Waals surface area contributed by atoms with Gasteiger partial charge in [-0.15, -0.1) is 0 Å². The smallest absolute Gasteiger partial charge is 0.299 e. The molecule has 0 aliphatic heterocycles. The van der Waals surface area contributed by atoms with Crippen LogP contribution in [0.15, 0.2) is 29.2 Å². The molecule has 0 aliphatic rings. The number of hydrogen-bond acceptors (Lipinski definition) is 4. The lowest BCUT2D eigenvalue weighted by atomic mass is 10.2. The first kappa shape index (κ1) is 13.2. The third-order valence-corrected chi connectivity index (χ3v) is 3.41. The normalized spacial score (nSPS) is 13.7. The summed E-state index contributed by atoms with van der Waals surface area (Å²) in [7, 11) is -3.85. The summed E-state index contributed by atoms with van der Waals surface area (Å²) < 4.78 is 27.9. The Balaban J connectivity index is 2.82. The number of aliphatic hydroxyl groups excluding tert-OH is 1. The second-order valence-electron chi connectivity index (χ2n) is 3.61. The third kappa shape index (κ3) is 3.59. The van der Waals surface area contributed by atoms with Gasteiger partial charge in [-0.3, -0.25) is 0 Å². The van der Waals surface area contributed by atoms with E-state index in [0.717, 1.165) is 5.56 Å². The number of hydrogen-bond donors (Lipinski definition) is 1. The van der Waals surface area contributed by atoms with E-state index in [1.54, 1.807) is 12.1 Å². The second kappa shape index (κ2) is 5.43. The summed E-state index contributed by atoms with van der Waals surface area (Å²) in [6, 6.07) is 6.29. The van der Waals surface area contributed by atoms with Crippen molar-refractivity contribution in [3.8, 4) is 0 Å². The Morgan fingerprint density at radius 2 is 1.88 bits per heavy atom. The Morgan fingerprint density at radius 3 is 2.38 bits per heavy atom. The van der Waals surface area contributed by atoms with Crippen LogP contribution in [0.4, 0.5) is 0 Å². The molecular formula is C11H16O4S. The molecule has 16 heavy (non-hydrogen) atoms. The molecule has 90 valence electrons. The summed E-state index contributed by atoms with van der Waals surface area (Å²) in [5.41, 5.74) is 0.966. The standard InChI is InChI=1S/C11H16O4S/c1-3-4-11(12)15-16(13,14)10-7-5-9(2)6-8-10/h5-8,11-12H,3-4H2,1-2H3. The highest BCUT2D eigenvalue weighted by Gasteiger charge is 2.19. The van der Waals surface area contributed by atoms with Crippen LogP contribution in [0.2, 0.25) is 0 Å². The molecule has 0 fully saturated rings. The van der Waals surface area contributed by atoms with Gasteiger partial charge in [0.15, 0.2) is 6.29 Å². The van der Waals surface area contributed by atoms with E-state index in [9.17, 15) is 13.5 Å². The molecule has 1 rings (SSSR count). The van der Waals surface area contributed by atoms with E-state index < -0.39 is 16.4 Å². The number of benzene rings is 1. The zero-order valence-corrected chi connectivity index (χ0v) is 10.2. The van der Waals surface area contributed by atoms with Crippen LogP contribution in [0.3, 0.4) is 0 Å². The summed E-state index contributed by atoms with van der Waals surface area (Å²) in [5.74, 6) is 0. The first-order valence-electron chi connectivity index (χ1n) is 5.13. The van der Waals surface area contributed by atoms with Gasteiger partial charge in [-0.05, 0) is 25.5 Å². The van der Waals surface area contributed by atoms with Gasteiger partial charge in [0.2, 0.25) is 0 Å². The van der Waals surface area contributed by atoms with Crippen molar-refractivity contribution in [3.63, 3.8) is 0 Å². The molecular weight excluding hydrogens is 228 g/mol. The van der Waals surface area contributed by atoms with Crippen molar-refractivity contribution in [2.45, 2.75) is 37.9 Å². The Labute approximate surface area is 96.0 Å². The van der Waals surface area contributed by atoms with Crippen molar-refractivity contribution in [3.05, 3.63) is 29.8 Å². The fourth-order valence-electron chi connectivity index (χ4n) is 1.20. The predicted molar refractivity (Wildman–Crippen MR) is 60.4 cm³/mol. The molecule has 5 heteroatoms. The lowest BCUT2D eigenvalue weighted by Gasteiger charge is -2.10. The quantitative estimate of drug-likeness (QED) is 0.634. The van der Waals surface area contributed by atoms with Crippen molar-refractivity contribution in [1.29, 1.82) is 0 Å². The molecule has 0 aromatic heterocycles. The summed E-state index contributed by atoms with van der Waals surface area (Å²) in [6.07, 6.45) is -0.313. The maximum absolute atomic E-state index is 11.6. The van der Waals surface area contributed by atoms with Crippen molar-refractivity contribution in [2.24, 2.45) is 0 Å². The maximum Gasteiger partial charge on any atom is 0.299 e. The van der Waals surface area contributed by atoms with Crippen LogP contribution in [0, 0.1) is 6.92 Å². The molecule has 0 saturated heterocycles. The van der Waals surface area contributed by atoms with Gasteiger partial charge in [0.25, 0.3) is 10.1 Å². The largest absolute Gasteiger partial charge is 0.367 e. The fourth-order valence-corrected chi connectivity index (χ4v) is 2.17. The van der Waals surface area contributed by atoms with Gasteiger partial charge in [-0.2, -0.15) is 8.42 Å². The van der Waals surface area contributed by atoms with Crippen LogP contribution < -0.4 is 0 Å². The molecule has 1 aromatic carbocycles. The lowest BCUT2D eigenvalue weighted by molar-refractivity contribution is -0.0179. The molecule has 1 atom stereocenters. The summed E-state index contributed by atoms with van der Waals surface area (Å²) in [6.45, 7) is 3.70. The molecule has 1 N–H and O–H groups in total. The van der Waals surface area contributed by atoms with Gasteiger partial charge in [-0.1, -0.05) is 31.0 Å². The lowest BCUT2D eigenvalue weighted by Crippen LogP contribution is -2.17. The average molecular weight is 244 g/mol. The molecule has 4 nitrogen and oxygen atoms in total. The zero-order valence-electron chi connectivity index (χ0n) is 9.38. The van der Waals surface area contributed by atoms with E-state index in [0.29, 0.717) is 12.8 Å². The summed E-state index contributed by atoms with van der Waals surface area (Å²) in [5, 5.41) is 9.30. The summed E-state index contributed by atoms with van der Waals surface area (Å²) in [4.78, 5) is 0.0632. The van der Waals surface area contributed by atoms with Gasteiger partial charge in [0, 0.05) is 0 Å². The van der Waals surface area contributed by atoms with E-state index >= 15 is 0 Å². The van der Waals surface area contributed by atoms with Crippen LogP contribution >= 0.6 is 0 Å². The highest BCUT2D eigenvalue weighted by atomic mass is 32.2. The first-order chi connectivity index (χ1) is 7.45. The topological polar surface area (TPSA) is 63.6 Å². The van der Waals surface area contributed by atoms with E-state index in [1.807, 2.05) is 13.8 Å². The SMILES string of the molecule is CCCC(O)OS(=O)(=O)c1ccc(C)cc1. The minimum Gasteiger partial charge on any atom is -0.367 e. The second-order valence-corrected chi connectivity index (χ2v) is 5.18. The van der Waals surface area contributed by atoms with E-state index in [-0.39, 0.29) is 4.90 Å². The maximum atomic E-state index is 11.6. The van der Waals surface area contributed by atoms with E-state index in [4.69, 9.17) is 0 Å². The highest BCUT2D eigenvalue weighted by Crippen LogP contribution is 2.15. The average Bonchev–Trinajstić information content (AvgIpc) is 2.17. The predicted octanol–water partition coefficient (Wildman–Crippen LogP) is 1.82. The molecule has 0 saturated carbocycles. The van der Waals surface area contributed by atoms with E-state index in [2.05, 4.69) is 4.18 Å². The zero-order chi connectivity index (χ0) is 12.2. The van der Waals surface area contributed by atoms with Crippen LogP contribution in [-0.2, 0) is 14.3 Å². The fraction of sp³-hybridized carbons (Fsp3) is 0.455. The number of rotatable bonds is 5. The molecule has 0 amide bonds. The van der Waals surface area contributed by atoms with Crippen LogP contribution in [0.5, 0.6) is 0 Å². The van der Waals surface area contributed by atoms with Gasteiger partial charge >= 0.3 is 0 Å².